The number of benzene rings is 11. The van der Waals surface area contributed by atoms with E-state index in [9.17, 15) is 0 Å². The number of rotatable bonds is 9. The van der Waals surface area contributed by atoms with E-state index in [4.69, 9.17) is 0 Å². The summed E-state index contributed by atoms with van der Waals surface area (Å²) in [7, 11) is 6.34. The molecule has 0 fully saturated rings. The Morgan fingerprint density at radius 1 is 0.268 bits per heavy atom. The van der Waals surface area contributed by atoms with Gasteiger partial charge in [-0.15, -0.1) is 12.1 Å². The second-order valence-electron chi connectivity index (χ2n) is 22.1. The van der Waals surface area contributed by atoms with Crippen molar-refractivity contribution in [2.75, 3.05) is 40.3 Å². The van der Waals surface area contributed by atoms with Gasteiger partial charge in [0.2, 0.25) is 0 Å². The standard InChI is InChI=1S/2C18H13N.C13H11N.C12H8.C7H8.C6H14.2C5H13N.11C2H6.Y/c2*1-2-8-14(9-3-1)19-17-12-6-4-10-15(17)16-11-5-7-13-18(16)19;1-14-12-8-4-2-6-10(12)11-7-3-5-9-13(11)14;1-3-7-11(8-4-1)12-9-5-2-6-10-12;1-7-5-3-2-4-6-7;3*1-4-6(3)5-2;11*1-2;/h2*1-13H;2-9H,1H3;1-7,9H;2-6H,1H3;6H,4-5H2,1-3H3;2*4-5H2,1-3H3;11*1-2H3;/q;;;-2;;;;;;;;;;;;;;;;. The van der Waals surface area contributed by atoms with E-state index in [1.54, 1.807) is 0 Å². The van der Waals surface area contributed by atoms with Gasteiger partial charge in [-0.05, 0) is 114 Å². The summed E-state index contributed by atoms with van der Waals surface area (Å²) in [5.41, 5.74) is 13.6. The second kappa shape index (κ2) is 79.5. The van der Waals surface area contributed by atoms with Crippen LogP contribution in [0, 0.1) is 25.0 Å². The molecule has 0 unspecified atom stereocenters. The molecule has 0 saturated heterocycles. The van der Waals surface area contributed by atoms with E-state index in [1.807, 2.05) is 219 Å². The fourth-order valence-electron chi connectivity index (χ4n) is 10.1. The van der Waals surface area contributed by atoms with Crippen LogP contribution in [0.1, 0.15) is 219 Å². The molecular formula is C106H159N5Y-2. The van der Waals surface area contributed by atoms with Crippen molar-refractivity contribution < 1.29 is 32.7 Å². The van der Waals surface area contributed by atoms with Gasteiger partial charge in [-0.25, -0.2) is 11.1 Å². The van der Waals surface area contributed by atoms with Crippen LogP contribution in [-0.4, -0.2) is 63.8 Å². The fraction of sp³-hybridized carbons (Fsp3) is 0.377. The molecule has 0 aliphatic carbocycles. The van der Waals surface area contributed by atoms with Gasteiger partial charge in [0.1, 0.15) is 0 Å². The summed E-state index contributed by atoms with van der Waals surface area (Å²) >= 11 is 0. The zero-order valence-electron chi connectivity index (χ0n) is 77.3. The molecule has 14 rings (SSSR count). The summed E-state index contributed by atoms with van der Waals surface area (Å²) in [6, 6.07) is 105. The van der Waals surface area contributed by atoms with Gasteiger partial charge in [0.15, 0.2) is 0 Å². The molecule has 5 nitrogen and oxygen atoms in total. The first-order chi connectivity index (χ1) is 54.6. The molecule has 0 atom stereocenters. The molecule has 3 heterocycles. The molecule has 0 N–H and O–H groups in total. The van der Waals surface area contributed by atoms with E-state index in [2.05, 4.69) is 331 Å². The Balaban J connectivity index is -0.000000285. The van der Waals surface area contributed by atoms with Gasteiger partial charge in [-0.2, -0.15) is 48.5 Å². The summed E-state index contributed by atoms with van der Waals surface area (Å²) < 4.78 is 6.89. The first-order valence-corrected chi connectivity index (χ1v) is 42.9. The number of hydrogen-bond acceptors (Lipinski definition) is 2. The van der Waals surface area contributed by atoms with Crippen molar-refractivity contribution >= 4 is 65.4 Å². The van der Waals surface area contributed by atoms with Crippen LogP contribution in [0.15, 0.2) is 285 Å². The molecule has 11 aromatic carbocycles. The molecule has 14 aromatic rings. The van der Waals surface area contributed by atoms with Gasteiger partial charge >= 0.3 is 0 Å². The quantitative estimate of drug-likeness (QED) is 0.134. The summed E-state index contributed by atoms with van der Waals surface area (Å²) in [6.07, 6.45) is 2.66. The van der Waals surface area contributed by atoms with Crippen LogP contribution in [0.25, 0.3) is 87.9 Å². The normalized spacial score (nSPS) is 8.96. The van der Waals surface area contributed by atoms with Gasteiger partial charge in [0.25, 0.3) is 0 Å². The van der Waals surface area contributed by atoms with Crippen molar-refractivity contribution in [3.8, 4) is 22.5 Å². The summed E-state index contributed by atoms with van der Waals surface area (Å²) in [4.78, 5) is 4.50. The Labute approximate surface area is 715 Å². The van der Waals surface area contributed by atoms with Crippen LogP contribution in [0.2, 0.25) is 0 Å². The molecule has 3 aromatic heterocycles. The number of nitrogens with zero attached hydrogens (tertiary/aromatic N) is 5. The molecule has 613 valence electrons. The number of hydrogen-bond donors (Lipinski definition) is 0. The molecular weight excluding hydrogens is 1430 g/mol. The third-order valence-corrected chi connectivity index (χ3v) is 16.2. The number of aromatic nitrogens is 3. The Hall–Kier alpha value is -8.16. The minimum absolute atomic E-state index is 0. The Bertz CT molecular complexity index is 3850. The summed E-state index contributed by atoms with van der Waals surface area (Å²) in [5.74, 6) is 0.935. The summed E-state index contributed by atoms with van der Waals surface area (Å²) in [6.45, 7) is 66.1. The SMILES string of the molecule is CC.CC.CC.CC.CC.CC.CC.CC.CC.CC.CC.CCC(C)CC.CCN(C)CC.CCN(C)CC.Cc1ccccc1.Cn1c2ccccc2c2ccccc21.[Y].[c-]1ccccc1-c1[c-]cccc1.c1ccc(-n2c3ccccc3c3ccccc32)cc1.c1ccc(-n2c3ccccc3c3ccccc32)cc1. The monoisotopic (exact) mass is 1590 g/mol. The maximum Gasteiger partial charge on any atom is 0.0541 e. The van der Waals surface area contributed by atoms with Crippen LogP contribution in [-0.2, 0) is 39.8 Å². The van der Waals surface area contributed by atoms with E-state index < -0.39 is 0 Å². The van der Waals surface area contributed by atoms with Gasteiger partial charge < -0.3 is 23.5 Å². The largest absolute Gasteiger partial charge is 0.344 e. The zero-order chi connectivity index (χ0) is 85.2. The molecule has 0 aliphatic heterocycles. The van der Waals surface area contributed by atoms with Crippen LogP contribution in [0.3, 0.4) is 0 Å². The van der Waals surface area contributed by atoms with Crippen LogP contribution >= 0.6 is 0 Å². The molecule has 0 bridgehead atoms. The van der Waals surface area contributed by atoms with Crippen LogP contribution < -0.4 is 0 Å². The van der Waals surface area contributed by atoms with Crippen molar-refractivity contribution in [1.82, 2.24) is 23.5 Å². The molecule has 0 spiro atoms. The third kappa shape index (κ3) is 41.6. The van der Waals surface area contributed by atoms with E-state index in [1.165, 1.54) is 95.2 Å². The topological polar surface area (TPSA) is 21.3 Å². The van der Waals surface area contributed by atoms with Crippen molar-refractivity contribution in [3.05, 3.63) is 303 Å². The van der Waals surface area contributed by atoms with Crippen LogP contribution in [0.5, 0.6) is 0 Å². The van der Waals surface area contributed by atoms with Crippen molar-refractivity contribution in [2.24, 2.45) is 13.0 Å². The van der Waals surface area contributed by atoms with E-state index in [0.717, 1.165) is 43.2 Å². The van der Waals surface area contributed by atoms with Crippen molar-refractivity contribution in [3.63, 3.8) is 0 Å². The molecule has 0 amide bonds. The van der Waals surface area contributed by atoms with Gasteiger partial charge in [0.05, 0.1) is 22.1 Å². The fourth-order valence-corrected chi connectivity index (χ4v) is 10.1. The van der Waals surface area contributed by atoms with E-state index in [0.29, 0.717) is 0 Å². The molecule has 112 heavy (non-hydrogen) atoms. The number of para-hydroxylation sites is 8. The first-order valence-electron chi connectivity index (χ1n) is 42.9. The second-order valence-corrected chi connectivity index (χ2v) is 22.1. The molecule has 0 saturated carbocycles. The Kier molecular flexibility index (Phi) is 81.4. The zero-order valence-corrected chi connectivity index (χ0v) is 80.1. The van der Waals surface area contributed by atoms with Gasteiger partial charge in [-0.3, -0.25) is 0 Å². The molecule has 0 aliphatic rings. The first kappa shape index (κ1) is 115. The third-order valence-electron chi connectivity index (χ3n) is 16.2. The Morgan fingerprint density at radius 2 is 0.464 bits per heavy atom. The Morgan fingerprint density at radius 3 is 0.643 bits per heavy atom. The van der Waals surface area contributed by atoms with Gasteiger partial charge in [0, 0.05) is 94.5 Å². The predicted octanol–water partition coefficient (Wildman–Crippen LogP) is 33.5. The average Bonchev–Trinajstić information content (AvgIpc) is 1.62. The number of aryl methyl sites for hydroxylation is 2. The van der Waals surface area contributed by atoms with Crippen molar-refractivity contribution in [1.29, 1.82) is 0 Å². The maximum absolute atomic E-state index is 3.15. The number of fused-ring (bicyclic) bond motifs is 9. The molecule has 1 radical (unpaired) electrons. The smallest absolute Gasteiger partial charge is 0.0541 e. The van der Waals surface area contributed by atoms with Crippen molar-refractivity contribution in [2.45, 2.75) is 221 Å². The van der Waals surface area contributed by atoms with Crippen LogP contribution in [0.4, 0.5) is 0 Å². The molecule has 6 heteroatoms. The minimum atomic E-state index is 0. The van der Waals surface area contributed by atoms with E-state index in [-0.39, 0.29) is 32.7 Å². The predicted molar refractivity (Wildman–Crippen MR) is 515 cm³/mol. The minimum Gasteiger partial charge on any atom is -0.344 e. The maximum atomic E-state index is 3.15. The van der Waals surface area contributed by atoms with Gasteiger partial charge in [-0.1, -0.05) is 395 Å². The average molecular weight is 1590 g/mol. The summed E-state index contributed by atoms with van der Waals surface area (Å²) in [5, 5.41) is 7.91. The van der Waals surface area contributed by atoms with E-state index >= 15 is 0 Å².